The van der Waals surface area contributed by atoms with E-state index >= 15 is 0 Å². The molecule has 0 heterocycles. The van der Waals surface area contributed by atoms with Crippen LogP contribution in [0.1, 0.15) is 33.6 Å². The molecule has 0 amide bonds. The van der Waals surface area contributed by atoms with Gasteiger partial charge in [0.05, 0.1) is 0 Å². The Labute approximate surface area is 58.0 Å². The van der Waals surface area contributed by atoms with E-state index in [2.05, 4.69) is 26.8 Å². The van der Waals surface area contributed by atoms with Crippen LogP contribution in [0.25, 0.3) is 0 Å². The molecule has 1 rings (SSSR count). The number of rotatable bonds is 1. The van der Waals surface area contributed by atoms with Gasteiger partial charge in [-0.15, -0.1) is 0 Å². The van der Waals surface area contributed by atoms with Crippen LogP contribution in [0.4, 0.5) is 0 Å². The van der Waals surface area contributed by atoms with Crippen LogP contribution in [-0.2, 0) is 0 Å². The first-order valence-corrected chi connectivity index (χ1v) is 3.93. The first-order valence-electron chi connectivity index (χ1n) is 3.93. The molecule has 0 nitrogen and oxygen atoms in total. The summed E-state index contributed by atoms with van der Waals surface area (Å²) in [5.41, 5.74) is 1.66. The third-order valence-corrected chi connectivity index (χ3v) is 2.43. The minimum Gasteiger partial charge on any atom is -0.0822 e. The van der Waals surface area contributed by atoms with Crippen molar-refractivity contribution in [2.24, 2.45) is 11.8 Å². The smallest absolute Gasteiger partial charge is 0.0230 e. The highest BCUT2D eigenvalue weighted by molar-refractivity contribution is 5.11. The number of allylic oxidation sites excluding steroid dienone is 2. The van der Waals surface area contributed by atoms with Gasteiger partial charge < -0.3 is 0 Å². The van der Waals surface area contributed by atoms with E-state index in [4.69, 9.17) is 0 Å². The fourth-order valence-electron chi connectivity index (χ4n) is 1.47. The van der Waals surface area contributed by atoms with E-state index in [0.717, 1.165) is 11.8 Å². The van der Waals surface area contributed by atoms with Crippen molar-refractivity contribution in [1.82, 2.24) is 0 Å². The van der Waals surface area contributed by atoms with Crippen LogP contribution in [0.15, 0.2) is 11.6 Å². The SMILES string of the molecule is CCC1=C[C@H](C)C(C)C1. The van der Waals surface area contributed by atoms with E-state index in [0.29, 0.717) is 0 Å². The van der Waals surface area contributed by atoms with Gasteiger partial charge in [-0.05, 0) is 24.7 Å². The molecular formula is C9H16. The van der Waals surface area contributed by atoms with Crippen molar-refractivity contribution in [3.05, 3.63) is 11.6 Å². The van der Waals surface area contributed by atoms with Gasteiger partial charge in [0.2, 0.25) is 0 Å². The topological polar surface area (TPSA) is 0 Å². The lowest BCUT2D eigenvalue weighted by Gasteiger charge is -2.05. The van der Waals surface area contributed by atoms with Crippen LogP contribution in [0.3, 0.4) is 0 Å². The molecule has 0 aromatic carbocycles. The lowest BCUT2D eigenvalue weighted by atomic mass is 10.00. The maximum atomic E-state index is 2.44. The Balaban J connectivity index is 2.52. The molecule has 0 aromatic rings. The summed E-state index contributed by atoms with van der Waals surface area (Å²) in [4.78, 5) is 0. The predicted octanol–water partition coefficient (Wildman–Crippen LogP) is 3.00. The van der Waals surface area contributed by atoms with Crippen molar-refractivity contribution in [3.63, 3.8) is 0 Å². The maximum absolute atomic E-state index is 2.44. The van der Waals surface area contributed by atoms with Gasteiger partial charge in [0.1, 0.15) is 0 Å². The zero-order valence-electron chi connectivity index (χ0n) is 6.65. The summed E-state index contributed by atoms with van der Waals surface area (Å²) in [7, 11) is 0. The van der Waals surface area contributed by atoms with Crippen LogP contribution in [0, 0.1) is 11.8 Å². The van der Waals surface area contributed by atoms with Crippen LogP contribution < -0.4 is 0 Å². The molecule has 0 N–H and O–H groups in total. The Morgan fingerprint density at radius 1 is 1.56 bits per heavy atom. The molecule has 0 aromatic heterocycles. The second-order valence-electron chi connectivity index (χ2n) is 3.22. The average molecular weight is 124 g/mol. The molecule has 0 aliphatic heterocycles. The van der Waals surface area contributed by atoms with Crippen LogP contribution in [-0.4, -0.2) is 0 Å². The molecule has 0 spiro atoms. The van der Waals surface area contributed by atoms with E-state index in [1.54, 1.807) is 5.57 Å². The van der Waals surface area contributed by atoms with Gasteiger partial charge in [-0.1, -0.05) is 32.4 Å². The molecule has 9 heavy (non-hydrogen) atoms. The van der Waals surface area contributed by atoms with Crippen molar-refractivity contribution in [3.8, 4) is 0 Å². The van der Waals surface area contributed by atoms with Crippen LogP contribution in [0.5, 0.6) is 0 Å². The minimum absolute atomic E-state index is 0.833. The van der Waals surface area contributed by atoms with E-state index in [9.17, 15) is 0 Å². The zero-order chi connectivity index (χ0) is 6.85. The normalized spacial score (nSPS) is 34.8. The van der Waals surface area contributed by atoms with E-state index in [1.165, 1.54) is 12.8 Å². The van der Waals surface area contributed by atoms with Gasteiger partial charge in [0.15, 0.2) is 0 Å². The minimum atomic E-state index is 0.833. The van der Waals surface area contributed by atoms with Crippen molar-refractivity contribution in [2.45, 2.75) is 33.6 Å². The molecule has 0 radical (unpaired) electrons. The molecule has 1 aliphatic rings. The summed E-state index contributed by atoms with van der Waals surface area (Å²) in [5.74, 6) is 1.74. The fourth-order valence-corrected chi connectivity index (χ4v) is 1.47. The molecular weight excluding hydrogens is 108 g/mol. The van der Waals surface area contributed by atoms with E-state index < -0.39 is 0 Å². The Kier molecular flexibility index (Phi) is 1.94. The van der Waals surface area contributed by atoms with Gasteiger partial charge >= 0.3 is 0 Å². The van der Waals surface area contributed by atoms with Crippen molar-refractivity contribution >= 4 is 0 Å². The highest BCUT2D eigenvalue weighted by Gasteiger charge is 2.17. The molecule has 1 aliphatic carbocycles. The first-order chi connectivity index (χ1) is 4.24. The van der Waals surface area contributed by atoms with Gasteiger partial charge in [0.25, 0.3) is 0 Å². The molecule has 2 atom stereocenters. The first kappa shape index (κ1) is 6.85. The van der Waals surface area contributed by atoms with Gasteiger partial charge in [0, 0.05) is 0 Å². The maximum Gasteiger partial charge on any atom is -0.0230 e. The van der Waals surface area contributed by atoms with Crippen molar-refractivity contribution < 1.29 is 0 Å². The monoisotopic (exact) mass is 124 g/mol. The number of hydrogen-bond acceptors (Lipinski definition) is 0. The molecule has 0 heteroatoms. The number of hydrogen-bond donors (Lipinski definition) is 0. The predicted molar refractivity (Wildman–Crippen MR) is 41.3 cm³/mol. The summed E-state index contributed by atoms with van der Waals surface area (Å²) in [6, 6.07) is 0. The molecule has 1 unspecified atom stereocenters. The summed E-state index contributed by atoms with van der Waals surface area (Å²) >= 11 is 0. The lowest BCUT2D eigenvalue weighted by molar-refractivity contribution is 0.492. The van der Waals surface area contributed by atoms with Gasteiger partial charge in [-0.25, -0.2) is 0 Å². The molecule has 0 saturated heterocycles. The summed E-state index contributed by atoms with van der Waals surface area (Å²) in [5, 5.41) is 0. The fraction of sp³-hybridized carbons (Fsp3) is 0.778. The summed E-state index contributed by atoms with van der Waals surface area (Å²) in [6.45, 7) is 6.90. The molecule has 0 bridgehead atoms. The van der Waals surface area contributed by atoms with Gasteiger partial charge in [-0.3, -0.25) is 0 Å². The molecule has 0 fully saturated rings. The standard InChI is InChI=1S/C9H16/c1-4-9-5-7(2)8(3)6-9/h5,7-8H,4,6H2,1-3H3/t7-,8?/m0/s1. The van der Waals surface area contributed by atoms with Crippen molar-refractivity contribution in [2.75, 3.05) is 0 Å². The lowest BCUT2D eigenvalue weighted by Crippen LogP contribution is -1.96. The highest BCUT2D eigenvalue weighted by Crippen LogP contribution is 2.30. The third kappa shape index (κ3) is 1.35. The van der Waals surface area contributed by atoms with E-state index in [1.807, 2.05) is 0 Å². The summed E-state index contributed by atoms with van der Waals surface area (Å²) in [6.07, 6.45) is 5.04. The molecule has 0 saturated carbocycles. The van der Waals surface area contributed by atoms with Gasteiger partial charge in [-0.2, -0.15) is 0 Å². The van der Waals surface area contributed by atoms with Crippen LogP contribution in [0.2, 0.25) is 0 Å². The quantitative estimate of drug-likeness (QED) is 0.471. The highest BCUT2D eigenvalue weighted by atomic mass is 14.2. The summed E-state index contributed by atoms with van der Waals surface area (Å²) < 4.78 is 0. The second-order valence-corrected chi connectivity index (χ2v) is 3.22. The Hall–Kier alpha value is -0.260. The van der Waals surface area contributed by atoms with E-state index in [-0.39, 0.29) is 0 Å². The largest absolute Gasteiger partial charge is 0.0822 e. The zero-order valence-corrected chi connectivity index (χ0v) is 6.65. The van der Waals surface area contributed by atoms with Crippen LogP contribution >= 0.6 is 0 Å². The Bertz CT molecular complexity index is 122. The van der Waals surface area contributed by atoms with Crippen molar-refractivity contribution in [1.29, 1.82) is 0 Å². The Morgan fingerprint density at radius 2 is 2.22 bits per heavy atom. The third-order valence-electron chi connectivity index (χ3n) is 2.43. The Morgan fingerprint density at radius 3 is 2.44 bits per heavy atom. The molecule has 52 valence electrons. The average Bonchev–Trinajstić information content (AvgIpc) is 2.13. The second kappa shape index (κ2) is 2.55.